The van der Waals surface area contributed by atoms with Crippen LogP contribution in [0.15, 0.2) is 5.38 Å². The van der Waals surface area contributed by atoms with Gasteiger partial charge in [-0.1, -0.05) is 0 Å². The van der Waals surface area contributed by atoms with Crippen LogP contribution in [0.3, 0.4) is 0 Å². The van der Waals surface area contributed by atoms with Crippen LogP contribution < -0.4 is 4.72 Å². The molecule has 5 nitrogen and oxygen atoms in total. The lowest BCUT2D eigenvalue weighted by Gasteiger charge is -2.14. The average Bonchev–Trinajstić information content (AvgIpc) is 3.06. The van der Waals surface area contributed by atoms with Gasteiger partial charge in [0.2, 0.25) is 10.0 Å². The molecule has 0 radical (unpaired) electrons. The van der Waals surface area contributed by atoms with E-state index in [-0.39, 0.29) is 11.9 Å². The molecule has 2 heterocycles. The summed E-state index contributed by atoms with van der Waals surface area (Å²) < 4.78 is 31.6. The summed E-state index contributed by atoms with van der Waals surface area (Å²) in [5, 5.41) is 1.78. The van der Waals surface area contributed by atoms with E-state index in [0.717, 1.165) is 44.1 Å². The number of aryl methyl sites for hydroxylation is 1. The molecule has 1 atom stereocenters. The van der Waals surface area contributed by atoms with E-state index in [2.05, 4.69) is 4.72 Å². The van der Waals surface area contributed by atoms with Gasteiger partial charge in [-0.25, -0.2) is 13.1 Å². The zero-order valence-electron chi connectivity index (χ0n) is 11.8. The minimum Gasteiger partial charge on any atom is -0.377 e. The van der Waals surface area contributed by atoms with E-state index >= 15 is 0 Å². The van der Waals surface area contributed by atoms with E-state index in [0.29, 0.717) is 12.2 Å². The number of ether oxygens (including phenoxy) is 1. The molecular formula is C14H19NO4S2. The van der Waals surface area contributed by atoms with Gasteiger partial charge in [0.05, 0.1) is 17.4 Å². The maximum Gasteiger partial charge on any atom is 0.265 e. The van der Waals surface area contributed by atoms with E-state index in [1.165, 1.54) is 4.88 Å². The number of carbonyl (C=O) groups is 1. The molecule has 1 aliphatic heterocycles. The molecule has 21 heavy (non-hydrogen) atoms. The third kappa shape index (κ3) is 3.46. The average molecular weight is 329 g/mol. The number of thiophene rings is 1. The Balaban J connectivity index is 1.69. The van der Waals surface area contributed by atoms with Crippen LogP contribution in [-0.2, 0) is 27.6 Å². The standard InChI is InChI=1S/C14H19NO4S2/c16-14(12-8-20-13-6-2-1-5-11(12)13)15-21(17,18)9-10-4-3-7-19-10/h8,10H,1-7,9H2,(H,15,16). The summed E-state index contributed by atoms with van der Waals surface area (Å²) in [6.07, 6.45) is 5.41. The van der Waals surface area contributed by atoms with Crippen molar-refractivity contribution in [2.45, 2.75) is 44.6 Å². The number of hydrogen-bond donors (Lipinski definition) is 1. The molecule has 3 rings (SSSR count). The fourth-order valence-corrected chi connectivity index (χ4v) is 5.30. The lowest BCUT2D eigenvalue weighted by atomic mass is 9.96. The molecule has 1 aromatic rings. The molecule has 1 aromatic heterocycles. The molecule has 1 unspecified atom stereocenters. The molecule has 1 amide bonds. The minimum atomic E-state index is -3.64. The summed E-state index contributed by atoms with van der Waals surface area (Å²) in [7, 11) is -3.64. The molecule has 0 spiro atoms. The van der Waals surface area contributed by atoms with Crippen molar-refractivity contribution in [2.75, 3.05) is 12.4 Å². The Labute approximate surface area is 128 Å². The largest absolute Gasteiger partial charge is 0.377 e. The molecule has 1 aliphatic carbocycles. The number of rotatable bonds is 4. The van der Waals surface area contributed by atoms with Crippen LogP contribution >= 0.6 is 11.3 Å². The highest BCUT2D eigenvalue weighted by molar-refractivity contribution is 7.90. The molecule has 0 bridgehead atoms. The highest BCUT2D eigenvalue weighted by Gasteiger charge is 2.27. The first-order chi connectivity index (χ1) is 10.1. The summed E-state index contributed by atoms with van der Waals surface area (Å²) in [6.45, 7) is 0.603. The summed E-state index contributed by atoms with van der Waals surface area (Å²) in [4.78, 5) is 13.5. The van der Waals surface area contributed by atoms with Crippen molar-refractivity contribution in [2.24, 2.45) is 0 Å². The van der Waals surface area contributed by atoms with Crippen LogP contribution in [-0.4, -0.2) is 32.8 Å². The monoisotopic (exact) mass is 329 g/mol. The van der Waals surface area contributed by atoms with Gasteiger partial charge in [-0.3, -0.25) is 4.79 Å². The molecule has 1 fully saturated rings. The van der Waals surface area contributed by atoms with Crippen LogP contribution in [0.25, 0.3) is 0 Å². The minimum absolute atomic E-state index is 0.134. The van der Waals surface area contributed by atoms with Gasteiger partial charge >= 0.3 is 0 Å². The van der Waals surface area contributed by atoms with Gasteiger partial charge in [0.1, 0.15) is 0 Å². The van der Waals surface area contributed by atoms with Crippen LogP contribution in [0.5, 0.6) is 0 Å². The van der Waals surface area contributed by atoms with Crippen molar-refractivity contribution in [3.05, 3.63) is 21.4 Å². The van der Waals surface area contributed by atoms with E-state index < -0.39 is 15.9 Å². The molecule has 7 heteroatoms. The Morgan fingerprint density at radius 1 is 1.33 bits per heavy atom. The third-order valence-corrected chi connectivity index (χ3v) is 6.38. The molecule has 2 aliphatic rings. The Morgan fingerprint density at radius 3 is 2.90 bits per heavy atom. The number of fused-ring (bicyclic) bond motifs is 1. The van der Waals surface area contributed by atoms with Gasteiger partial charge in [-0.05, 0) is 44.1 Å². The number of carbonyl (C=O) groups excluding carboxylic acids is 1. The van der Waals surface area contributed by atoms with Crippen molar-refractivity contribution in [1.82, 2.24) is 4.72 Å². The van der Waals surface area contributed by atoms with Gasteiger partial charge in [-0.15, -0.1) is 11.3 Å². The zero-order valence-corrected chi connectivity index (χ0v) is 13.4. The Bertz CT molecular complexity index is 629. The van der Waals surface area contributed by atoms with Gasteiger partial charge < -0.3 is 4.74 Å². The SMILES string of the molecule is O=C(NS(=O)(=O)CC1CCCO1)c1csc2c1CCCC2. The third-order valence-electron chi connectivity index (χ3n) is 3.98. The first kappa shape index (κ1) is 15.0. The summed E-state index contributed by atoms with van der Waals surface area (Å²) in [5.41, 5.74) is 1.57. The van der Waals surface area contributed by atoms with Crippen molar-refractivity contribution in [3.8, 4) is 0 Å². The lowest BCUT2D eigenvalue weighted by Crippen LogP contribution is -2.36. The second kappa shape index (κ2) is 6.06. The second-order valence-electron chi connectivity index (χ2n) is 5.61. The van der Waals surface area contributed by atoms with Crippen LogP contribution in [0.2, 0.25) is 0 Å². The van der Waals surface area contributed by atoms with Gasteiger partial charge in [0.15, 0.2) is 0 Å². The van der Waals surface area contributed by atoms with Crippen molar-refractivity contribution >= 4 is 27.3 Å². The molecule has 1 N–H and O–H groups in total. The maximum atomic E-state index is 12.2. The fraction of sp³-hybridized carbons (Fsp3) is 0.643. The quantitative estimate of drug-likeness (QED) is 0.915. The van der Waals surface area contributed by atoms with Crippen molar-refractivity contribution in [1.29, 1.82) is 0 Å². The first-order valence-corrected chi connectivity index (χ1v) is 9.84. The van der Waals surface area contributed by atoms with E-state index in [9.17, 15) is 13.2 Å². The second-order valence-corrected chi connectivity index (χ2v) is 8.34. The molecule has 116 valence electrons. The van der Waals surface area contributed by atoms with Gasteiger partial charge in [0, 0.05) is 16.9 Å². The Morgan fingerprint density at radius 2 is 2.14 bits per heavy atom. The molecular weight excluding hydrogens is 310 g/mol. The predicted molar refractivity (Wildman–Crippen MR) is 81.2 cm³/mol. The Kier molecular flexibility index (Phi) is 4.33. The number of amides is 1. The normalized spacial score (nSPS) is 22.0. The summed E-state index contributed by atoms with van der Waals surface area (Å²) in [6, 6.07) is 0. The van der Waals surface area contributed by atoms with Gasteiger partial charge in [-0.2, -0.15) is 0 Å². The molecule has 0 saturated carbocycles. The smallest absolute Gasteiger partial charge is 0.265 e. The van der Waals surface area contributed by atoms with E-state index in [1.54, 1.807) is 16.7 Å². The summed E-state index contributed by atoms with van der Waals surface area (Å²) >= 11 is 1.56. The van der Waals surface area contributed by atoms with E-state index in [4.69, 9.17) is 4.74 Å². The van der Waals surface area contributed by atoms with Crippen molar-refractivity contribution in [3.63, 3.8) is 0 Å². The number of hydrogen-bond acceptors (Lipinski definition) is 5. The van der Waals surface area contributed by atoms with Gasteiger partial charge in [0.25, 0.3) is 5.91 Å². The highest BCUT2D eigenvalue weighted by Crippen LogP contribution is 2.30. The topological polar surface area (TPSA) is 72.5 Å². The van der Waals surface area contributed by atoms with Crippen LogP contribution in [0, 0.1) is 0 Å². The van der Waals surface area contributed by atoms with Crippen LogP contribution in [0.1, 0.15) is 46.5 Å². The summed E-state index contributed by atoms with van der Waals surface area (Å²) in [5.74, 6) is -0.627. The zero-order chi connectivity index (χ0) is 14.9. The molecule has 0 aromatic carbocycles. The first-order valence-electron chi connectivity index (χ1n) is 7.31. The predicted octanol–water partition coefficient (Wildman–Crippen LogP) is 1.87. The molecule has 1 saturated heterocycles. The van der Waals surface area contributed by atoms with Crippen LogP contribution in [0.4, 0.5) is 0 Å². The van der Waals surface area contributed by atoms with Crippen molar-refractivity contribution < 1.29 is 17.9 Å². The lowest BCUT2D eigenvalue weighted by molar-refractivity contribution is 0.0979. The Hall–Kier alpha value is -0.920. The maximum absolute atomic E-state index is 12.2. The highest BCUT2D eigenvalue weighted by atomic mass is 32.2. The number of nitrogens with one attached hydrogen (secondary N) is 1. The fourth-order valence-electron chi connectivity index (χ4n) is 2.94. The number of sulfonamides is 1. The van der Waals surface area contributed by atoms with E-state index in [1.807, 2.05) is 0 Å².